The maximum absolute atomic E-state index is 13.5. The number of fused-ring (bicyclic) bond motifs is 13. The normalized spacial score (nSPS) is 16.2. The molecule has 17 heteroatoms. The molecule has 0 aliphatic carbocycles. The van der Waals surface area contributed by atoms with Crippen molar-refractivity contribution in [3.63, 3.8) is 0 Å². The Morgan fingerprint density at radius 1 is 1.07 bits per heavy atom. The van der Waals surface area contributed by atoms with Crippen LogP contribution in [0.25, 0.3) is 11.3 Å². The van der Waals surface area contributed by atoms with Gasteiger partial charge in [-0.25, -0.2) is 18.4 Å². The summed E-state index contributed by atoms with van der Waals surface area (Å²) in [6, 6.07) is 10.9. The van der Waals surface area contributed by atoms with Gasteiger partial charge < -0.3 is 41.0 Å². The first-order chi connectivity index (χ1) is 22.1. The Kier molecular flexibility index (Phi) is 11.9. The minimum atomic E-state index is -4.23. The van der Waals surface area contributed by atoms with E-state index in [-0.39, 0.29) is 61.7 Å². The van der Waals surface area contributed by atoms with Crippen LogP contribution in [0, 0.1) is 0 Å². The maximum atomic E-state index is 13.5. The van der Waals surface area contributed by atoms with Crippen LogP contribution in [-0.4, -0.2) is 105 Å². The highest BCUT2D eigenvalue weighted by Gasteiger charge is 2.27. The van der Waals surface area contributed by atoms with Crippen LogP contribution in [0.1, 0.15) is 16.1 Å². The Balaban J connectivity index is 1.66. The standard InChI is InChI=1S/C29H35N7O9S/c1-31-15-20-3-2-4-22-27(20)45-14-13-44-12-11-43-10-9-36(18-24(37)32-17-25(38)39)46(41,42)21-7-5-19(6-8-21)23-16-33-28(30)26(34-23)29(40)35-22/h2-8,16,31H,9-15,17-18H2,1H3,(H2,30,33)(H,32,37)(H,35,40)(H,38,39). The first-order valence-electron chi connectivity index (χ1n) is 14.2. The SMILES string of the molecule is CNCc1cccc2c1OCCOCCOCCN(CC(=O)NCC(=O)O)S(=O)(=O)c1ccc(cc1)-c1cnc(N)c(n1)C(=O)N2. The van der Waals surface area contributed by atoms with E-state index in [1.165, 1.54) is 30.5 Å². The van der Waals surface area contributed by atoms with E-state index in [0.717, 1.165) is 9.87 Å². The van der Waals surface area contributed by atoms with E-state index in [1.807, 2.05) is 6.07 Å². The largest absolute Gasteiger partial charge is 0.489 e. The molecule has 16 nitrogen and oxygen atoms in total. The second-order valence-electron chi connectivity index (χ2n) is 9.87. The Morgan fingerprint density at radius 2 is 1.78 bits per heavy atom. The number of nitrogens with two attached hydrogens (primary N) is 1. The lowest BCUT2D eigenvalue weighted by atomic mass is 10.1. The molecule has 0 radical (unpaired) electrons. The maximum Gasteiger partial charge on any atom is 0.322 e. The summed E-state index contributed by atoms with van der Waals surface area (Å²) in [5, 5.41) is 16.9. The highest BCUT2D eigenvalue weighted by molar-refractivity contribution is 7.89. The summed E-state index contributed by atoms with van der Waals surface area (Å²) >= 11 is 0. The molecule has 46 heavy (non-hydrogen) atoms. The minimum absolute atomic E-state index is 0.0619. The number of carbonyl (C=O) groups is 3. The number of sulfonamides is 1. The van der Waals surface area contributed by atoms with Crippen LogP contribution in [0.5, 0.6) is 5.75 Å². The molecule has 0 unspecified atom stereocenters. The van der Waals surface area contributed by atoms with E-state index in [4.69, 9.17) is 25.1 Å². The summed E-state index contributed by atoms with van der Waals surface area (Å²) < 4.78 is 45.1. The summed E-state index contributed by atoms with van der Waals surface area (Å²) in [5.41, 5.74) is 7.76. The van der Waals surface area contributed by atoms with E-state index >= 15 is 0 Å². The number of ether oxygens (including phenoxy) is 3. The molecule has 1 aromatic heterocycles. The van der Waals surface area contributed by atoms with Crippen molar-refractivity contribution < 1.29 is 42.1 Å². The molecule has 0 saturated carbocycles. The van der Waals surface area contributed by atoms with Crippen LogP contribution in [0.4, 0.5) is 11.5 Å². The molecule has 2 aliphatic rings. The van der Waals surface area contributed by atoms with E-state index in [0.29, 0.717) is 23.5 Å². The van der Waals surface area contributed by atoms with Gasteiger partial charge in [-0.15, -0.1) is 0 Å². The van der Waals surface area contributed by atoms with Gasteiger partial charge in [-0.1, -0.05) is 24.3 Å². The number of benzene rings is 2. The summed E-state index contributed by atoms with van der Waals surface area (Å²) in [5.74, 6) is -2.37. The lowest BCUT2D eigenvalue weighted by Crippen LogP contribution is -2.43. The fourth-order valence-electron chi connectivity index (χ4n) is 4.38. The number of rotatable bonds is 6. The number of carboxylic acid groups (broad SMARTS) is 1. The lowest BCUT2D eigenvalue weighted by Gasteiger charge is -2.22. The highest BCUT2D eigenvalue weighted by Crippen LogP contribution is 2.30. The third kappa shape index (κ3) is 8.95. The zero-order valence-corrected chi connectivity index (χ0v) is 25.8. The van der Waals surface area contributed by atoms with Gasteiger partial charge in [-0.05, 0) is 25.2 Å². The van der Waals surface area contributed by atoms with Gasteiger partial charge in [-0.2, -0.15) is 4.31 Å². The van der Waals surface area contributed by atoms with Gasteiger partial charge in [0, 0.05) is 24.2 Å². The molecule has 0 saturated heterocycles. The van der Waals surface area contributed by atoms with Gasteiger partial charge in [0.2, 0.25) is 15.9 Å². The fourth-order valence-corrected chi connectivity index (χ4v) is 5.76. The van der Waals surface area contributed by atoms with Crippen molar-refractivity contribution in [2.45, 2.75) is 11.4 Å². The second-order valence-corrected chi connectivity index (χ2v) is 11.8. The third-order valence-electron chi connectivity index (χ3n) is 6.60. The van der Waals surface area contributed by atoms with E-state index in [9.17, 15) is 22.8 Å². The molecular formula is C29H35N7O9S. The number of aliphatic carboxylic acids is 1. The zero-order chi connectivity index (χ0) is 33.1. The van der Waals surface area contributed by atoms with Crippen LogP contribution in [0.2, 0.25) is 0 Å². The lowest BCUT2D eigenvalue weighted by molar-refractivity contribution is -0.137. The Morgan fingerprint density at radius 3 is 2.50 bits per heavy atom. The van der Waals surface area contributed by atoms with Crippen molar-refractivity contribution in [1.82, 2.24) is 24.9 Å². The van der Waals surface area contributed by atoms with Gasteiger partial charge in [0.1, 0.15) is 18.9 Å². The van der Waals surface area contributed by atoms with E-state index in [1.54, 1.807) is 19.2 Å². The predicted molar refractivity (Wildman–Crippen MR) is 166 cm³/mol. The first kappa shape index (κ1) is 34.2. The first-order valence-corrected chi connectivity index (χ1v) is 15.6. The molecule has 3 heterocycles. The molecule has 0 spiro atoms. The quantitative estimate of drug-likeness (QED) is 0.226. The van der Waals surface area contributed by atoms with Gasteiger partial charge in [0.05, 0.1) is 55.4 Å². The molecule has 2 aromatic carbocycles. The number of hydrogen-bond acceptors (Lipinski definition) is 12. The van der Waals surface area contributed by atoms with Crippen molar-refractivity contribution in [1.29, 1.82) is 0 Å². The predicted octanol–water partition coefficient (Wildman–Crippen LogP) is 0.315. The topological polar surface area (TPSA) is 224 Å². The Bertz CT molecular complexity index is 1650. The number of aromatic nitrogens is 2. The Hall–Kier alpha value is -4.68. The molecule has 2 aliphatic heterocycles. The Labute approximate surface area is 265 Å². The van der Waals surface area contributed by atoms with Crippen LogP contribution in [0.3, 0.4) is 0 Å². The number of anilines is 2. The van der Waals surface area contributed by atoms with Gasteiger partial charge in [0.25, 0.3) is 5.91 Å². The molecule has 0 fully saturated rings. The average molecular weight is 658 g/mol. The second kappa shape index (κ2) is 16.1. The molecular weight excluding hydrogens is 622 g/mol. The van der Waals surface area contributed by atoms with Gasteiger partial charge >= 0.3 is 5.97 Å². The number of hydrogen-bond donors (Lipinski definition) is 5. The van der Waals surface area contributed by atoms with Crippen molar-refractivity contribution in [3.05, 3.63) is 59.9 Å². The molecule has 0 atom stereocenters. The summed E-state index contributed by atoms with van der Waals surface area (Å²) in [7, 11) is -2.44. The smallest absolute Gasteiger partial charge is 0.322 e. The summed E-state index contributed by atoms with van der Waals surface area (Å²) in [4.78, 5) is 45.0. The number of nitrogen functional groups attached to an aromatic ring is 1. The van der Waals surface area contributed by atoms with Crippen LogP contribution in [0.15, 0.2) is 53.6 Å². The minimum Gasteiger partial charge on any atom is -0.489 e. The van der Waals surface area contributed by atoms with Crippen molar-refractivity contribution >= 4 is 39.3 Å². The van der Waals surface area contributed by atoms with Crippen molar-refractivity contribution in [2.75, 3.05) is 70.8 Å². The van der Waals surface area contributed by atoms with Gasteiger partial charge in [-0.3, -0.25) is 14.4 Å². The molecule has 246 valence electrons. The van der Waals surface area contributed by atoms with Gasteiger partial charge in [0.15, 0.2) is 11.5 Å². The summed E-state index contributed by atoms with van der Waals surface area (Å²) in [6.45, 7) is -0.446. The van der Waals surface area contributed by atoms with Crippen molar-refractivity contribution in [2.24, 2.45) is 0 Å². The summed E-state index contributed by atoms with van der Waals surface area (Å²) in [6.07, 6.45) is 1.35. The molecule has 4 bridgehead atoms. The number of carboxylic acids is 1. The monoisotopic (exact) mass is 657 g/mol. The number of nitrogens with one attached hydrogen (secondary N) is 3. The molecule has 2 amide bonds. The number of amides is 2. The highest BCUT2D eigenvalue weighted by atomic mass is 32.2. The van der Waals surface area contributed by atoms with Crippen molar-refractivity contribution in [3.8, 4) is 17.0 Å². The zero-order valence-electron chi connectivity index (χ0n) is 25.0. The van der Waals surface area contributed by atoms with Crippen LogP contribution < -0.4 is 26.4 Å². The van der Waals surface area contributed by atoms with E-state index in [2.05, 4.69) is 25.9 Å². The van der Waals surface area contributed by atoms with Crippen LogP contribution >= 0.6 is 0 Å². The third-order valence-corrected chi connectivity index (χ3v) is 8.46. The number of carbonyl (C=O) groups excluding carboxylic acids is 2. The number of para-hydroxylation sites is 1. The molecule has 3 aromatic rings. The number of nitrogens with zero attached hydrogens (tertiary/aromatic N) is 3. The molecule has 6 N–H and O–H groups in total. The van der Waals surface area contributed by atoms with E-state index < -0.39 is 40.9 Å². The average Bonchev–Trinajstić information content (AvgIpc) is 3.03. The van der Waals surface area contributed by atoms with Crippen LogP contribution in [-0.2, 0) is 35.6 Å². The molecule has 5 rings (SSSR count). The fraction of sp³-hybridized carbons (Fsp3) is 0.345.